The van der Waals surface area contributed by atoms with Gasteiger partial charge >= 0.3 is 11.9 Å². The quantitative estimate of drug-likeness (QED) is 0.0980. The first kappa shape index (κ1) is 24.9. The molecule has 1 saturated heterocycles. The summed E-state index contributed by atoms with van der Waals surface area (Å²) in [5, 5.41) is 0. The minimum absolute atomic E-state index is 0.217. The van der Waals surface area contributed by atoms with Crippen LogP contribution in [0.15, 0.2) is 12.2 Å². The molecule has 1 atom stereocenters. The van der Waals surface area contributed by atoms with Crippen molar-refractivity contribution in [1.29, 1.82) is 0 Å². The fourth-order valence-corrected chi connectivity index (χ4v) is 3.89. The van der Waals surface area contributed by atoms with Gasteiger partial charge in [0.2, 0.25) is 0 Å². The molecule has 0 radical (unpaired) electrons. The molecular weight excluding hydrogens is 348 g/mol. The molecule has 1 fully saturated rings. The minimum atomic E-state index is -0.391. The van der Waals surface area contributed by atoms with Gasteiger partial charge in [-0.15, -0.1) is 0 Å². The maximum atomic E-state index is 11.3. The molecule has 0 N–H and O–H groups in total. The lowest BCUT2D eigenvalue weighted by Gasteiger charge is -2.03. The highest BCUT2D eigenvalue weighted by atomic mass is 16.6. The molecule has 28 heavy (non-hydrogen) atoms. The summed E-state index contributed by atoms with van der Waals surface area (Å²) in [6.07, 6.45) is 28.7. The molecule has 0 aromatic carbocycles. The Labute approximate surface area is 173 Å². The van der Waals surface area contributed by atoms with Crippen molar-refractivity contribution in [1.82, 2.24) is 0 Å². The highest BCUT2D eigenvalue weighted by Crippen LogP contribution is 2.18. The molecule has 3 nitrogen and oxygen atoms in total. The summed E-state index contributed by atoms with van der Waals surface area (Å²) >= 11 is 0. The Morgan fingerprint density at radius 2 is 1.14 bits per heavy atom. The van der Waals surface area contributed by atoms with Gasteiger partial charge in [-0.25, -0.2) is 0 Å². The first-order chi connectivity index (χ1) is 13.7. The highest BCUT2D eigenvalue weighted by Gasteiger charge is 2.30. The van der Waals surface area contributed by atoms with Crippen LogP contribution in [0.5, 0.6) is 0 Å². The fraction of sp³-hybridized carbons (Fsp3) is 0.840. The lowest BCUT2D eigenvalue weighted by Crippen LogP contribution is -2.03. The van der Waals surface area contributed by atoms with Crippen molar-refractivity contribution in [2.75, 3.05) is 0 Å². The number of rotatable bonds is 19. The molecule has 0 aromatic heterocycles. The summed E-state index contributed by atoms with van der Waals surface area (Å²) in [6.45, 7) is 2.28. The van der Waals surface area contributed by atoms with Crippen LogP contribution in [0.2, 0.25) is 0 Å². The molecule has 3 heteroatoms. The zero-order chi connectivity index (χ0) is 20.3. The van der Waals surface area contributed by atoms with Crippen LogP contribution in [0.1, 0.15) is 129 Å². The Morgan fingerprint density at radius 1 is 0.714 bits per heavy atom. The molecule has 0 bridgehead atoms. The van der Waals surface area contributed by atoms with Crippen molar-refractivity contribution >= 4 is 11.9 Å². The van der Waals surface area contributed by atoms with E-state index in [-0.39, 0.29) is 18.3 Å². The van der Waals surface area contributed by atoms with Gasteiger partial charge in [-0.3, -0.25) is 9.59 Å². The van der Waals surface area contributed by atoms with Gasteiger partial charge in [0.25, 0.3) is 0 Å². The number of unbranched alkanes of at least 4 members (excludes halogenated alkanes) is 17. The van der Waals surface area contributed by atoms with E-state index in [2.05, 4.69) is 11.7 Å². The second kappa shape index (κ2) is 17.9. The molecule has 1 aliphatic heterocycles. The second-order valence-electron chi connectivity index (χ2n) is 8.48. The van der Waals surface area contributed by atoms with Gasteiger partial charge in [-0.2, -0.15) is 0 Å². The first-order valence-electron chi connectivity index (χ1n) is 12.1. The molecule has 0 amide bonds. The van der Waals surface area contributed by atoms with E-state index in [9.17, 15) is 9.59 Å². The largest absolute Gasteiger partial charge is 0.393 e. The van der Waals surface area contributed by atoms with Gasteiger partial charge in [0.15, 0.2) is 0 Å². The number of esters is 2. The number of hydrogen-bond acceptors (Lipinski definition) is 3. The standard InChI is InChI=1S/C25H44O3/c1-2-3-4-5-6-7-8-9-10-11-12-13-14-15-16-17-18-19-20-21-23-22-24(26)28-25(23)27/h20-21,23H,2-19,22H2,1H3. The maximum absolute atomic E-state index is 11.3. The summed E-state index contributed by atoms with van der Waals surface area (Å²) in [5.74, 6) is -1.11. The monoisotopic (exact) mass is 392 g/mol. The SMILES string of the molecule is CCCCCCCCCCCCCCCCCCCC=CC1CC(=O)OC1=O. The van der Waals surface area contributed by atoms with E-state index in [1.54, 1.807) is 0 Å². The predicted molar refractivity (Wildman–Crippen MR) is 117 cm³/mol. The van der Waals surface area contributed by atoms with Crippen molar-refractivity contribution in [3.8, 4) is 0 Å². The smallest absolute Gasteiger partial charge is 0.321 e. The molecule has 1 aliphatic rings. The summed E-state index contributed by atoms with van der Waals surface area (Å²) in [4.78, 5) is 22.3. The zero-order valence-corrected chi connectivity index (χ0v) is 18.4. The van der Waals surface area contributed by atoms with Gasteiger partial charge in [-0.05, 0) is 12.8 Å². The van der Waals surface area contributed by atoms with Crippen LogP contribution < -0.4 is 0 Å². The van der Waals surface area contributed by atoms with Crippen molar-refractivity contribution < 1.29 is 14.3 Å². The van der Waals surface area contributed by atoms with E-state index in [1.165, 1.54) is 109 Å². The van der Waals surface area contributed by atoms with Crippen LogP contribution in [0.4, 0.5) is 0 Å². The summed E-state index contributed by atoms with van der Waals surface area (Å²) in [5.41, 5.74) is 0. The summed E-state index contributed by atoms with van der Waals surface area (Å²) in [7, 11) is 0. The Morgan fingerprint density at radius 3 is 1.54 bits per heavy atom. The minimum Gasteiger partial charge on any atom is -0.393 e. The molecule has 0 aliphatic carbocycles. The lowest BCUT2D eigenvalue weighted by atomic mass is 10.0. The molecule has 0 saturated carbocycles. The molecule has 1 rings (SSSR count). The Balaban J connectivity index is 1.73. The third kappa shape index (κ3) is 14.0. The first-order valence-corrected chi connectivity index (χ1v) is 12.1. The van der Waals surface area contributed by atoms with Crippen LogP contribution in [-0.2, 0) is 14.3 Å². The summed E-state index contributed by atoms with van der Waals surface area (Å²) in [6, 6.07) is 0. The maximum Gasteiger partial charge on any atom is 0.321 e. The number of ether oxygens (including phenoxy) is 1. The third-order valence-corrected chi connectivity index (χ3v) is 5.75. The van der Waals surface area contributed by atoms with Gasteiger partial charge in [0.1, 0.15) is 0 Å². The van der Waals surface area contributed by atoms with Crippen molar-refractivity contribution in [2.45, 2.75) is 129 Å². The lowest BCUT2D eigenvalue weighted by molar-refractivity contribution is -0.152. The van der Waals surface area contributed by atoms with E-state index < -0.39 is 5.97 Å². The van der Waals surface area contributed by atoms with Crippen LogP contribution in [-0.4, -0.2) is 11.9 Å². The fourth-order valence-electron chi connectivity index (χ4n) is 3.89. The molecule has 1 heterocycles. The normalized spacial score (nSPS) is 17.0. The van der Waals surface area contributed by atoms with E-state index in [0.29, 0.717) is 0 Å². The van der Waals surface area contributed by atoms with Crippen LogP contribution in [0, 0.1) is 5.92 Å². The van der Waals surface area contributed by atoms with E-state index in [1.807, 2.05) is 12.2 Å². The second-order valence-corrected chi connectivity index (χ2v) is 8.48. The molecule has 1 unspecified atom stereocenters. The zero-order valence-electron chi connectivity index (χ0n) is 18.4. The Kier molecular flexibility index (Phi) is 16.0. The molecule has 162 valence electrons. The van der Waals surface area contributed by atoms with E-state index in [4.69, 9.17) is 0 Å². The Hall–Kier alpha value is -1.12. The van der Waals surface area contributed by atoms with Crippen molar-refractivity contribution in [3.05, 3.63) is 12.2 Å². The number of hydrogen-bond donors (Lipinski definition) is 0. The van der Waals surface area contributed by atoms with Crippen molar-refractivity contribution in [3.63, 3.8) is 0 Å². The van der Waals surface area contributed by atoms with Crippen LogP contribution in [0.3, 0.4) is 0 Å². The van der Waals surface area contributed by atoms with Gasteiger partial charge in [0.05, 0.1) is 12.3 Å². The van der Waals surface area contributed by atoms with Crippen LogP contribution in [0.25, 0.3) is 0 Å². The topological polar surface area (TPSA) is 43.4 Å². The molecule has 0 spiro atoms. The number of allylic oxidation sites excluding steroid dienone is 1. The number of cyclic esters (lactones) is 2. The molecular formula is C25H44O3. The molecule has 0 aromatic rings. The van der Waals surface area contributed by atoms with E-state index >= 15 is 0 Å². The van der Waals surface area contributed by atoms with Crippen LogP contribution >= 0.6 is 0 Å². The summed E-state index contributed by atoms with van der Waals surface area (Å²) < 4.78 is 4.54. The average Bonchev–Trinajstić information content (AvgIpc) is 3.00. The highest BCUT2D eigenvalue weighted by molar-refractivity contribution is 5.95. The van der Waals surface area contributed by atoms with E-state index in [0.717, 1.165) is 6.42 Å². The average molecular weight is 393 g/mol. The number of carbonyl (C=O) groups excluding carboxylic acids is 2. The Bertz CT molecular complexity index is 428. The van der Waals surface area contributed by atoms with Gasteiger partial charge < -0.3 is 4.74 Å². The van der Waals surface area contributed by atoms with Crippen molar-refractivity contribution in [2.24, 2.45) is 5.92 Å². The number of carbonyl (C=O) groups is 2. The van der Waals surface area contributed by atoms with Gasteiger partial charge in [-0.1, -0.05) is 122 Å². The predicted octanol–water partition coefficient (Wildman–Crippen LogP) is 7.67. The van der Waals surface area contributed by atoms with Gasteiger partial charge in [0, 0.05) is 0 Å². The third-order valence-electron chi connectivity index (χ3n) is 5.75.